The summed E-state index contributed by atoms with van der Waals surface area (Å²) in [6, 6.07) is 4.89. The van der Waals surface area contributed by atoms with Gasteiger partial charge < -0.3 is 20.5 Å². The van der Waals surface area contributed by atoms with Crippen molar-refractivity contribution in [2.45, 2.75) is 32.4 Å². The number of methoxy groups -OCH3 is 1. The van der Waals surface area contributed by atoms with E-state index in [1.54, 1.807) is 46.1 Å². The molecule has 20 heavy (non-hydrogen) atoms. The third-order valence-electron chi connectivity index (χ3n) is 2.50. The Kier molecular flexibility index (Phi) is 5.65. The zero-order valence-corrected chi connectivity index (χ0v) is 13.0. The number of ether oxygens (including phenoxy) is 2. The second kappa shape index (κ2) is 6.81. The maximum absolute atomic E-state index is 11.8. The summed E-state index contributed by atoms with van der Waals surface area (Å²) in [7, 11) is 1.54. The molecule has 0 heterocycles. The maximum atomic E-state index is 11.8. The zero-order valence-electron chi connectivity index (χ0n) is 12.2. The minimum Gasteiger partial charge on any atom is -0.495 e. The molecule has 0 saturated carbocycles. The smallest absolute Gasteiger partial charge is 0.408 e. The lowest BCUT2D eigenvalue weighted by molar-refractivity contribution is 0.0505. The SMILES string of the molecule is COc1ccc(C(CN)NC(=O)OC(C)(C)C)cc1Cl. The number of hydrogen-bond acceptors (Lipinski definition) is 4. The number of rotatable bonds is 4. The van der Waals surface area contributed by atoms with Crippen LogP contribution in [0.3, 0.4) is 0 Å². The Morgan fingerprint density at radius 3 is 2.55 bits per heavy atom. The van der Waals surface area contributed by atoms with E-state index in [1.165, 1.54) is 0 Å². The van der Waals surface area contributed by atoms with Gasteiger partial charge in [-0.2, -0.15) is 0 Å². The summed E-state index contributed by atoms with van der Waals surface area (Å²) in [6.07, 6.45) is -0.514. The number of carbonyl (C=O) groups excluding carboxylic acids is 1. The van der Waals surface area contributed by atoms with Gasteiger partial charge in [0.15, 0.2) is 0 Å². The van der Waals surface area contributed by atoms with E-state index >= 15 is 0 Å². The summed E-state index contributed by atoms with van der Waals surface area (Å²) < 4.78 is 10.3. The van der Waals surface area contributed by atoms with Crippen LogP contribution in [-0.4, -0.2) is 25.3 Å². The molecule has 1 aromatic rings. The number of nitrogens with two attached hydrogens (primary N) is 1. The Labute approximate surface area is 124 Å². The van der Waals surface area contributed by atoms with E-state index < -0.39 is 11.7 Å². The van der Waals surface area contributed by atoms with Gasteiger partial charge in [0.1, 0.15) is 11.4 Å². The van der Waals surface area contributed by atoms with Gasteiger partial charge in [0.05, 0.1) is 18.2 Å². The molecule has 6 heteroatoms. The molecule has 0 saturated heterocycles. The molecular formula is C14H21ClN2O3. The van der Waals surface area contributed by atoms with Crippen molar-refractivity contribution in [1.82, 2.24) is 5.32 Å². The average Bonchev–Trinajstić information content (AvgIpc) is 2.33. The van der Waals surface area contributed by atoms with Crippen LogP contribution in [0, 0.1) is 0 Å². The lowest BCUT2D eigenvalue weighted by Gasteiger charge is -2.23. The van der Waals surface area contributed by atoms with Gasteiger partial charge in [0.2, 0.25) is 0 Å². The van der Waals surface area contributed by atoms with E-state index in [4.69, 9.17) is 26.8 Å². The number of nitrogens with one attached hydrogen (secondary N) is 1. The van der Waals surface area contributed by atoms with E-state index in [0.29, 0.717) is 10.8 Å². The van der Waals surface area contributed by atoms with Gasteiger partial charge in [-0.15, -0.1) is 0 Å². The third kappa shape index (κ3) is 4.90. The topological polar surface area (TPSA) is 73.6 Å². The first-order valence-electron chi connectivity index (χ1n) is 6.30. The molecule has 0 spiro atoms. The fourth-order valence-corrected chi connectivity index (χ4v) is 1.89. The number of halogens is 1. The van der Waals surface area contributed by atoms with Crippen molar-refractivity contribution < 1.29 is 14.3 Å². The van der Waals surface area contributed by atoms with E-state index in [2.05, 4.69) is 5.32 Å². The first-order valence-corrected chi connectivity index (χ1v) is 6.67. The molecular weight excluding hydrogens is 280 g/mol. The van der Waals surface area contributed by atoms with Crippen LogP contribution in [-0.2, 0) is 4.74 Å². The maximum Gasteiger partial charge on any atom is 0.408 e. The van der Waals surface area contributed by atoms with Crippen LogP contribution in [0.25, 0.3) is 0 Å². The van der Waals surface area contributed by atoms with Crippen LogP contribution in [0.4, 0.5) is 4.79 Å². The second-order valence-corrected chi connectivity index (χ2v) is 5.74. The van der Waals surface area contributed by atoms with Gasteiger partial charge in [-0.1, -0.05) is 17.7 Å². The molecule has 0 aliphatic carbocycles. The van der Waals surface area contributed by atoms with Crippen molar-refractivity contribution >= 4 is 17.7 Å². The highest BCUT2D eigenvalue weighted by atomic mass is 35.5. The number of carbonyl (C=O) groups is 1. The standard InChI is InChI=1S/C14H21ClN2O3/c1-14(2,3)20-13(18)17-11(8-16)9-5-6-12(19-4)10(15)7-9/h5-7,11H,8,16H2,1-4H3,(H,17,18). The van der Waals surface area contributed by atoms with Crippen LogP contribution in [0.1, 0.15) is 32.4 Å². The lowest BCUT2D eigenvalue weighted by atomic mass is 10.1. The van der Waals surface area contributed by atoms with Gasteiger partial charge in [-0.25, -0.2) is 4.79 Å². The minimum atomic E-state index is -0.555. The van der Waals surface area contributed by atoms with Crippen LogP contribution >= 0.6 is 11.6 Å². The van der Waals surface area contributed by atoms with E-state index in [0.717, 1.165) is 5.56 Å². The molecule has 0 aromatic heterocycles. The Balaban J connectivity index is 2.81. The Morgan fingerprint density at radius 1 is 1.45 bits per heavy atom. The lowest BCUT2D eigenvalue weighted by Crippen LogP contribution is -2.37. The molecule has 0 bridgehead atoms. The Morgan fingerprint density at radius 2 is 2.10 bits per heavy atom. The molecule has 0 fully saturated rings. The summed E-state index contributed by atoms with van der Waals surface area (Å²) in [6.45, 7) is 5.64. The fourth-order valence-electron chi connectivity index (χ4n) is 1.63. The van der Waals surface area contributed by atoms with Crippen molar-refractivity contribution in [1.29, 1.82) is 0 Å². The number of benzene rings is 1. The van der Waals surface area contributed by atoms with E-state index in [9.17, 15) is 4.79 Å². The summed E-state index contributed by atoms with van der Waals surface area (Å²) in [4.78, 5) is 11.8. The average molecular weight is 301 g/mol. The van der Waals surface area contributed by atoms with Crippen LogP contribution in [0.15, 0.2) is 18.2 Å². The molecule has 1 unspecified atom stereocenters. The van der Waals surface area contributed by atoms with Crippen molar-refractivity contribution in [3.63, 3.8) is 0 Å². The highest BCUT2D eigenvalue weighted by molar-refractivity contribution is 6.32. The molecule has 5 nitrogen and oxygen atoms in total. The molecule has 0 aliphatic heterocycles. The van der Waals surface area contributed by atoms with Crippen molar-refractivity contribution in [2.24, 2.45) is 5.73 Å². The summed E-state index contributed by atoms with van der Waals surface area (Å²) in [5.41, 5.74) is 5.93. The van der Waals surface area contributed by atoms with E-state index in [1.807, 2.05) is 0 Å². The highest BCUT2D eigenvalue weighted by Crippen LogP contribution is 2.27. The quantitative estimate of drug-likeness (QED) is 0.896. The predicted molar refractivity (Wildman–Crippen MR) is 79.2 cm³/mol. The van der Waals surface area contributed by atoms with Gasteiger partial charge in [-0.05, 0) is 38.5 Å². The van der Waals surface area contributed by atoms with Crippen molar-refractivity contribution in [3.8, 4) is 5.75 Å². The van der Waals surface area contributed by atoms with Crippen molar-refractivity contribution in [3.05, 3.63) is 28.8 Å². The first-order chi connectivity index (χ1) is 9.26. The van der Waals surface area contributed by atoms with Gasteiger partial charge in [0.25, 0.3) is 0 Å². The normalized spacial score (nSPS) is 12.7. The number of hydrogen-bond donors (Lipinski definition) is 2. The number of alkyl carbamates (subject to hydrolysis) is 1. The second-order valence-electron chi connectivity index (χ2n) is 5.33. The van der Waals surface area contributed by atoms with Crippen LogP contribution in [0.5, 0.6) is 5.75 Å². The van der Waals surface area contributed by atoms with E-state index in [-0.39, 0.29) is 12.6 Å². The Bertz CT molecular complexity index is 472. The molecule has 1 amide bonds. The fraction of sp³-hybridized carbons (Fsp3) is 0.500. The first kappa shape index (κ1) is 16.6. The Hall–Kier alpha value is -1.46. The molecule has 1 atom stereocenters. The largest absolute Gasteiger partial charge is 0.495 e. The highest BCUT2D eigenvalue weighted by Gasteiger charge is 2.20. The van der Waals surface area contributed by atoms with Crippen LogP contribution < -0.4 is 15.8 Å². The van der Waals surface area contributed by atoms with Crippen molar-refractivity contribution in [2.75, 3.05) is 13.7 Å². The summed E-state index contributed by atoms with van der Waals surface area (Å²) in [5, 5.41) is 3.19. The van der Waals surface area contributed by atoms with Gasteiger partial charge in [-0.3, -0.25) is 0 Å². The molecule has 0 radical (unpaired) electrons. The molecule has 1 rings (SSSR count). The zero-order chi connectivity index (χ0) is 15.3. The van der Waals surface area contributed by atoms with Crippen LogP contribution in [0.2, 0.25) is 5.02 Å². The summed E-state index contributed by atoms with van der Waals surface area (Å²) in [5.74, 6) is 0.573. The van der Waals surface area contributed by atoms with Gasteiger partial charge >= 0.3 is 6.09 Å². The molecule has 112 valence electrons. The molecule has 0 aliphatic rings. The minimum absolute atomic E-state index is 0.238. The molecule has 1 aromatic carbocycles. The predicted octanol–water partition coefficient (Wildman–Crippen LogP) is 2.87. The monoisotopic (exact) mass is 300 g/mol. The summed E-state index contributed by atoms with van der Waals surface area (Å²) >= 11 is 6.06. The molecule has 3 N–H and O–H groups in total. The number of amides is 1. The van der Waals surface area contributed by atoms with Gasteiger partial charge in [0, 0.05) is 6.54 Å². The third-order valence-corrected chi connectivity index (χ3v) is 2.80.